The number of nitrogens with one attached hydrogen (secondary N) is 1. The summed E-state index contributed by atoms with van der Waals surface area (Å²) in [6, 6.07) is 7.69. The zero-order valence-electron chi connectivity index (χ0n) is 16.9. The van der Waals surface area contributed by atoms with Crippen LogP contribution in [0.5, 0.6) is 0 Å². The summed E-state index contributed by atoms with van der Waals surface area (Å²) < 4.78 is 0. The number of carbonyl (C=O) groups is 2. The van der Waals surface area contributed by atoms with Crippen LogP contribution < -0.4 is 10.2 Å². The highest BCUT2D eigenvalue weighted by molar-refractivity contribution is 5.79. The summed E-state index contributed by atoms with van der Waals surface area (Å²) in [5, 5.41) is 3.14. The molecule has 4 heteroatoms. The van der Waals surface area contributed by atoms with E-state index in [4.69, 9.17) is 0 Å². The summed E-state index contributed by atoms with van der Waals surface area (Å²) in [6.45, 7) is 4.87. The molecule has 1 aliphatic heterocycles. The monoisotopic (exact) mass is 372 g/mol. The normalized spacial score (nSPS) is 14.9. The number of rotatable bonds is 12. The molecule has 1 aromatic rings. The number of benzene rings is 1. The highest BCUT2D eigenvalue weighted by atomic mass is 16.1. The second-order valence-electron chi connectivity index (χ2n) is 7.74. The topological polar surface area (TPSA) is 49.4 Å². The maximum Gasteiger partial charge on any atom is 0.223 e. The summed E-state index contributed by atoms with van der Waals surface area (Å²) in [5.74, 6) is 0.374. The first-order valence-corrected chi connectivity index (χ1v) is 10.8. The largest absolute Gasteiger partial charge is 0.371 e. The van der Waals surface area contributed by atoms with Crippen LogP contribution in [0.2, 0.25) is 0 Å². The SMILES string of the molecule is CCCCCCCCCCNC(=O)C1CCN(c2ccc(C=O)cc2)CC1. The first kappa shape index (κ1) is 21.5. The predicted octanol–water partition coefficient (Wildman–Crippen LogP) is 4.97. The molecule has 1 amide bonds. The number of anilines is 1. The van der Waals surface area contributed by atoms with Crippen LogP contribution in [0.4, 0.5) is 5.69 Å². The lowest BCUT2D eigenvalue weighted by Crippen LogP contribution is -2.40. The number of piperidine rings is 1. The van der Waals surface area contributed by atoms with Gasteiger partial charge in [0.2, 0.25) is 5.91 Å². The molecule has 150 valence electrons. The van der Waals surface area contributed by atoms with Gasteiger partial charge in [-0.25, -0.2) is 0 Å². The predicted molar refractivity (Wildman–Crippen MR) is 112 cm³/mol. The Hall–Kier alpha value is -1.84. The van der Waals surface area contributed by atoms with Gasteiger partial charge in [-0.2, -0.15) is 0 Å². The van der Waals surface area contributed by atoms with Gasteiger partial charge in [-0.1, -0.05) is 51.9 Å². The van der Waals surface area contributed by atoms with Gasteiger partial charge in [-0.05, 0) is 43.5 Å². The van der Waals surface area contributed by atoms with Crippen LogP contribution in [0.25, 0.3) is 0 Å². The summed E-state index contributed by atoms with van der Waals surface area (Å²) in [7, 11) is 0. The molecule has 1 heterocycles. The van der Waals surface area contributed by atoms with E-state index in [0.717, 1.165) is 50.9 Å². The van der Waals surface area contributed by atoms with Gasteiger partial charge in [0.05, 0.1) is 0 Å². The van der Waals surface area contributed by atoms with E-state index in [0.29, 0.717) is 5.56 Å². The minimum Gasteiger partial charge on any atom is -0.371 e. The first-order chi connectivity index (χ1) is 13.2. The van der Waals surface area contributed by atoms with Crippen LogP contribution in [-0.2, 0) is 4.79 Å². The lowest BCUT2D eigenvalue weighted by Gasteiger charge is -2.33. The fourth-order valence-electron chi connectivity index (χ4n) is 3.78. The van der Waals surface area contributed by atoms with Gasteiger partial charge in [0.15, 0.2) is 0 Å². The minimum atomic E-state index is 0.143. The number of amides is 1. The van der Waals surface area contributed by atoms with E-state index in [9.17, 15) is 9.59 Å². The van der Waals surface area contributed by atoms with Gasteiger partial charge in [0.1, 0.15) is 6.29 Å². The van der Waals surface area contributed by atoms with Crippen molar-refractivity contribution in [1.29, 1.82) is 0 Å². The molecular formula is C23H36N2O2. The second-order valence-corrected chi connectivity index (χ2v) is 7.74. The second kappa shape index (κ2) is 12.5. The summed E-state index contributed by atoms with van der Waals surface area (Å²) >= 11 is 0. The maximum absolute atomic E-state index is 12.4. The molecule has 0 aromatic heterocycles. The molecule has 0 radical (unpaired) electrons. The molecule has 0 bridgehead atoms. The van der Waals surface area contributed by atoms with E-state index in [1.165, 1.54) is 44.9 Å². The van der Waals surface area contributed by atoms with Gasteiger partial charge in [0, 0.05) is 36.8 Å². The van der Waals surface area contributed by atoms with Crippen molar-refractivity contribution in [3.05, 3.63) is 29.8 Å². The van der Waals surface area contributed by atoms with Gasteiger partial charge >= 0.3 is 0 Å². The fourth-order valence-corrected chi connectivity index (χ4v) is 3.78. The molecule has 2 rings (SSSR count). The third-order valence-electron chi connectivity index (χ3n) is 5.59. The van der Waals surface area contributed by atoms with Crippen LogP contribution >= 0.6 is 0 Å². The Morgan fingerprint density at radius 3 is 2.19 bits per heavy atom. The van der Waals surface area contributed by atoms with Crippen molar-refractivity contribution in [3.8, 4) is 0 Å². The smallest absolute Gasteiger partial charge is 0.223 e. The lowest BCUT2D eigenvalue weighted by atomic mass is 9.95. The van der Waals surface area contributed by atoms with Crippen molar-refractivity contribution in [3.63, 3.8) is 0 Å². The third kappa shape index (κ3) is 7.74. The molecule has 0 saturated carbocycles. The van der Waals surface area contributed by atoms with Gasteiger partial charge < -0.3 is 10.2 Å². The zero-order valence-corrected chi connectivity index (χ0v) is 16.9. The molecule has 4 nitrogen and oxygen atoms in total. The van der Waals surface area contributed by atoms with Crippen LogP contribution in [0.15, 0.2) is 24.3 Å². The molecule has 0 atom stereocenters. The highest BCUT2D eigenvalue weighted by Crippen LogP contribution is 2.23. The van der Waals surface area contributed by atoms with Crippen LogP contribution in [0, 0.1) is 5.92 Å². The molecule has 1 aromatic carbocycles. The lowest BCUT2D eigenvalue weighted by molar-refractivity contribution is -0.125. The molecule has 1 aliphatic rings. The molecule has 0 spiro atoms. The average Bonchev–Trinajstić information content (AvgIpc) is 2.72. The number of hydrogen-bond acceptors (Lipinski definition) is 3. The number of nitrogens with zero attached hydrogens (tertiary/aromatic N) is 1. The van der Waals surface area contributed by atoms with E-state index in [2.05, 4.69) is 17.1 Å². The fraction of sp³-hybridized carbons (Fsp3) is 0.652. The number of carbonyl (C=O) groups excluding carboxylic acids is 2. The number of hydrogen-bond donors (Lipinski definition) is 1. The molecular weight excluding hydrogens is 336 g/mol. The standard InChI is InChI=1S/C23H36N2O2/c1-2-3-4-5-6-7-8-9-16-24-23(27)21-14-17-25(18-15-21)22-12-10-20(19-26)11-13-22/h10-13,19,21H,2-9,14-18H2,1H3,(H,24,27). The summed E-state index contributed by atoms with van der Waals surface area (Å²) in [5.41, 5.74) is 1.84. The van der Waals surface area contributed by atoms with Gasteiger partial charge in [-0.15, -0.1) is 0 Å². The van der Waals surface area contributed by atoms with Crippen LogP contribution in [0.1, 0.15) is 81.5 Å². The summed E-state index contributed by atoms with van der Waals surface area (Å²) in [6.07, 6.45) is 13.0. The van der Waals surface area contributed by atoms with Gasteiger partial charge in [-0.3, -0.25) is 9.59 Å². The van der Waals surface area contributed by atoms with Crippen molar-refractivity contribution < 1.29 is 9.59 Å². The maximum atomic E-state index is 12.4. The number of aldehydes is 1. The average molecular weight is 373 g/mol. The molecule has 1 fully saturated rings. The van der Waals surface area contributed by atoms with Crippen LogP contribution in [-0.4, -0.2) is 31.8 Å². The highest BCUT2D eigenvalue weighted by Gasteiger charge is 2.24. The van der Waals surface area contributed by atoms with E-state index in [-0.39, 0.29) is 11.8 Å². The van der Waals surface area contributed by atoms with Crippen molar-refractivity contribution in [1.82, 2.24) is 5.32 Å². The van der Waals surface area contributed by atoms with E-state index in [1.54, 1.807) is 0 Å². The van der Waals surface area contributed by atoms with E-state index >= 15 is 0 Å². The Labute approximate surface area is 164 Å². The summed E-state index contributed by atoms with van der Waals surface area (Å²) in [4.78, 5) is 25.4. The third-order valence-corrected chi connectivity index (χ3v) is 5.59. The van der Waals surface area contributed by atoms with Gasteiger partial charge in [0.25, 0.3) is 0 Å². The Kier molecular flexibility index (Phi) is 9.96. The number of unbranched alkanes of at least 4 members (excludes halogenated alkanes) is 7. The van der Waals surface area contributed by atoms with Crippen molar-refractivity contribution in [2.45, 2.75) is 71.1 Å². The Morgan fingerprint density at radius 2 is 1.59 bits per heavy atom. The van der Waals surface area contributed by atoms with E-state index in [1.807, 2.05) is 24.3 Å². The van der Waals surface area contributed by atoms with E-state index < -0.39 is 0 Å². The quantitative estimate of drug-likeness (QED) is 0.416. The molecule has 1 N–H and O–H groups in total. The molecule has 1 saturated heterocycles. The van der Waals surface area contributed by atoms with Crippen molar-refractivity contribution >= 4 is 17.9 Å². The van der Waals surface area contributed by atoms with Crippen molar-refractivity contribution in [2.24, 2.45) is 5.92 Å². The van der Waals surface area contributed by atoms with Crippen molar-refractivity contribution in [2.75, 3.05) is 24.5 Å². The molecule has 0 unspecified atom stereocenters. The molecule has 27 heavy (non-hydrogen) atoms. The Bertz CT molecular complexity index is 548. The molecule has 0 aliphatic carbocycles. The first-order valence-electron chi connectivity index (χ1n) is 10.8. The zero-order chi connectivity index (χ0) is 19.3. The van der Waals surface area contributed by atoms with Crippen LogP contribution in [0.3, 0.4) is 0 Å². The Balaban J connectivity index is 1.56. The minimum absolute atomic E-state index is 0.143. The Morgan fingerprint density at radius 1 is 1.00 bits per heavy atom.